The molecule has 3 heterocycles. The molecule has 1 saturated carbocycles. The lowest BCUT2D eigenvalue weighted by Crippen LogP contribution is -2.52. The normalized spacial score (nSPS) is 17.2. The van der Waals surface area contributed by atoms with Gasteiger partial charge in [0.1, 0.15) is 12.1 Å². The van der Waals surface area contributed by atoms with Crippen LogP contribution < -0.4 is 15.5 Å². The molecule has 49 heavy (non-hydrogen) atoms. The van der Waals surface area contributed by atoms with Crippen LogP contribution in [0.3, 0.4) is 0 Å². The number of carboxylic acid groups (broad SMARTS) is 2. The maximum absolute atomic E-state index is 13.3. The first-order chi connectivity index (χ1) is 23.4. The van der Waals surface area contributed by atoms with Crippen molar-refractivity contribution in [2.45, 2.75) is 96.1 Å². The van der Waals surface area contributed by atoms with E-state index in [1.165, 1.54) is 56.3 Å². The fraction of sp³-hybridized carbons (Fsp3) is 0.514. The number of benzene rings is 1. The van der Waals surface area contributed by atoms with E-state index < -0.39 is 42.3 Å². The number of carbonyl (C=O) groups excluding carboxylic acids is 2. The van der Waals surface area contributed by atoms with Crippen molar-refractivity contribution in [3.05, 3.63) is 64.1 Å². The van der Waals surface area contributed by atoms with E-state index in [2.05, 4.69) is 25.5 Å². The van der Waals surface area contributed by atoms with Gasteiger partial charge in [0.2, 0.25) is 5.91 Å². The average Bonchev–Trinajstić information content (AvgIpc) is 3.60. The molecule has 2 amide bonds. The third-order valence-electron chi connectivity index (χ3n) is 9.70. The number of aliphatic carboxylic acids is 2. The number of carbonyl (C=O) groups is 4. The van der Waals surface area contributed by atoms with E-state index in [9.17, 15) is 24.3 Å². The van der Waals surface area contributed by atoms with Crippen molar-refractivity contribution in [1.82, 2.24) is 20.6 Å². The fourth-order valence-electron chi connectivity index (χ4n) is 6.84. The van der Waals surface area contributed by atoms with Gasteiger partial charge in [-0.2, -0.15) is 0 Å². The second-order valence-corrected chi connectivity index (χ2v) is 15.4. The van der Waals surface area contributed by atoms with E-state index in [4.69, 9.17) is 5.11 Å². The van der Waals surface area contributed by atoms with Crippen LogP contribution >= 0.6 is 11.3 Å². The molecule has 2 fully saturated rings. The van der Waals surface area contributed by atoms with Crippen molar-refractivity contribution in [1.29, 1.82) is 0 Å². The Morgan fingerprint density at radius 1 is 0.857 bits per heavy atom. The molecule has 2 unspecified atom stereocenters. The van der Waals surface area contributed by atoms with Crippen LogP contribution in [-0.4, -0.2) is 69.1 Å². The number of hydrogen-bond donors (Lipinski definition) is 4. The summed E-state index contributed by atoms with van der Waals surface area (Å²) < 4.78 is 0. The number of anilines is 1. The van der Waals surface area contributed by atoms with Crippen LogP contribution in [0.4, 0.5) is 5.69 Å². The van der Waals surface area contributed by atoms with Crippen molar-refractivity contribution >= 4 is 40.8 Å². The Balaban J connectivity index is 1.25. The number of thiophene rings is 1. The Bertz CT molecular complexity index is 1600. The summed E-state index contributed by atoms with van der Waals surface area (Å²) in [6.07, 6.45) is 12.3. The van der Waals surface area contributed by atoms with Gasteiger partial charge in [0.25, 0.3) is 5.91 Å². The van der Waals surface area contributed by atoms with Crippen molar-refractivity contribution in [2.75, 3.05) is 18.0 Å². The lowest BCUT2D eigenvalue weighted by molar-refractivity contribution is -0.147. The van der Waals surface area contributed by atoms with Gasteiger partial charge in [0.15, 0.2) is 5.82 Å². The SMILES string of the molecule is CC(C)(C)c1ccc(C(=O)NC(Cc2ccc(-c3ncc(N4CCC(C5CCCCC5)CC4)cn3)cc2)C(=O)NC(CC(=O)O)C(=O)O)s1. The van der Waals surface area contributed by atoms with Gasteiger partial charge >= 0.3 is 11.9 Å². The second-order valence-electron chi connectivity index (χ2n) is 14.3. The molecule has 0 bridgehead atoms. The quantitative estimate of drug-likeness (QED) is 0.187. The zero-order chi connectivity index (χ0) is 35.1. The molecule has 11 nitrogen and oxygen atoms in total. The Labute approximate surface area is 291 Å². The first-order valence-corrected chi connectivity index (χ1v) is 18.0. The van der Waals surface area contributed by atoms with E-state index >= 15 is 0 Å². The molecule has 2 aliphatic rings. The van der Waals surface area contributed by atoms with Gasteiger partial charge < -0.3 is 25.7 Å². The molecule has 3 aromatic rings. The van der Waals surface area contributed by atoms with Gasteiger partial charge in [-0.15, -0.1) is 11.3 Å². The van der Waals surface area contributed by atoms with Gasteiger partial charge in [0, 0.05) is 30.0 Å². The minimum absolute atomic E-state index is 0.0470. The lowest BCUT2D eigenvalue weighted by Gasteiger charge is -2.38. The van der Waals surface area contributed by atoms with Crippen LogP contribution in [0, 0.1) is 11.8 Å². The summed E-state index contributed by atoms with van der Waals surface area (Å²) in [5.41, 5.74) is 2.35. The summed E-state index contributed by atoms with van der Waals surface area (Å²) in [6.45, 7) is 8.16. The number of rotatable bonds is 12. The Morgan fingerprint density at radius 3 is 2.06 bits per heavy atom. The highest BCUT2D eigenvalue weighted by Crippen LogP contribution is 2.36. The molecule has 2 aromatic heterocycles. The van der Waals surface area contributed by atoms with Crippen LogP contribution in [0.5, 0.6) is 0 Å². The van der Waals surface area contributed by atoms with E-state index in [-0.39, 0.29) is 11.8 Å². The minimum Gasteiger partial charge on any atom is -0.481 e. The molecule has 0 radical (unpaired) electrons. The molecule has 0 spiro atoms. The van der Waals surface area contributed by atoms with E-state index in [1.807, 2.05) is 63.5 Å². The number of aromatic nitrogens is 2. The highest BCUT2D eigenvalue weighted by atomic mass is 32.1. The molecule has 1 aliphatic carbocycles. The summed E-state index contributed by atoms with van der Waals surface area (Å²) >= 11 is 1.32. The van der Waals surface area contributed by atoms with Crippen LogP contribution in [0.15, 0.2) is 48.8 Å². The number of nitrogens with zero attached hydrogens (tertiary/aromatic N) is 3. The summed E-state index contributed by atoms with van der Waals surface area (Å²) in [6, 6.07) is 8.06. The molecule has 12 heteroatoms. The molecule has 1 saturated heterocycles. The molecule has 4 N–H and O–H groups in total. The minimum atomic E-state index is -1.65. The summed E-state index contributed by atoms with van der Waals surface area (Å²) in [4.78, 5) is 62.5. The third-order valence-corrected chi connectivity index (χ3v) is 11.2. The third kappa shape index (κ3) is 9.65. The molecule has 2 atom stereocenters. The monoisotopic (exact) mass is 689 g/mol. The van der Waals surface area contributed by atoms with E-state index in [0.717, 1.165) is 41.1 Å². The van der Waals surface area contributed by atoms with Crippen LogP contribution in [0.2, 0.25) is 0 Å². The predicted molar refractivity (Wildman–Crippen MR) is 189 cm³/mol. The topological polar surface area (TPSA) is 162 Å². The molecule has 1 aromatic carbocycles. The Kier molecular flexibility index (Phi) is 11.7. The summed E-state index contributed by atoms with van der Waals surface area (Å²) in [5, 5.41) is 23.7. The largest absolute Gasteiger partial charge is 0.481 e. The predicted octanol–water partition coefficient (Wildman–Crippen LogP) is 5.68. The maximum atomic E-state index is 13.3. The Hall–Kier alpha value is -4.32. The zero-order valence-electron chi connectivity index (χ0n) is 28.5. The van der Waals surface area contributed by atoms with Crippen molar-refractivity contribution in [3.63, 3.8) is 0 Å². The van der Waals surface area contributed by atoms with Gasteiger partial charge in [0.05, 0.1) is 29.4 Å². The van der Waals surface area contributed by atoms with Gasteiger partial charge in [-0.05, 0) is 47.8 Å². The molecular weight excluding hydrogens is 643 g/mol. The number of amides is 2. The number of carboxylic acids is 2. The Morgan fingerprint density at radius 2 is 1.49 bits per heavy atom. The van der Waals surface area contributed by atoms with Crippen LogP contribution in [0.25, 0.3) is 11.4 Å². The van der Waals surface area contributed by atoms with Gasteiger partial charge in [-0.1, -0.05) is 77.1 Å². The molecule has 1 aliphatic heterocycles. The summed E-state index contributed by atoms with van der Waals surface area (Å²) in [7, 11) is 0. The highest BCUT2D eigenvalue weighted by molar-refractivity contribution is 7.14. The van der Waals surface area contributed by atoms with Crippen LogP contribution in [0.1, 0.15) is 92.3 Å². The first-order valence-electron chi connectivity index (χ1n) is 17.2. The van der Waals surface area contributed by atoms with E-state index in [0.29, 0.717) is 16.3 Å². The zero-order valence-corrected chi connectivity index (χ0v) is 29.3. The van der Waals surface area contributed by atoms with Crippen molar-refractivity contribution in [2.24, 2.45) is 11.8 Å². The number of nitrogens with one attached hydrogen (secondary N) is 2. The van der Waals surface area contributed by atoms with Gasteiger partial charge in [-0.3, -0.25) is 14.4 Å². The highest BCUT2D eigenvalue weighted by Gasteiger charge is 2.30. The first kappa shape index (κ1) is 36.0. The van der Waals surface area contributed by atoms with E-state index in [1.54, 1.807) is 6.07 Å². The smallest absolute Gasteiger partial charge is 0.326 e. The maximum Gasteiger partial charge on any atom is 0.326 e. The van der Waals surface area contributed by atoms with Crippen molar-refractivity contribution in [3.8, 4) is 11.4 Å². The fourth-order valence-corrected chi connectivity index (χ4v) is 7.81. The van der Waals surface area contributed by atoms with Crippen molar-refractivity contribution < 1.29 is 29.4 Å². The molecular formula is C37H47N5O6S. The van der Waals surface area contributed by atoms with Gasteiger partial charge in [-0.25, -0.2) is 14.8 Å². The summed E-state index contributed by atoms with van der Waals surface area (Å²) in [5.74, 6) is -1.83. The average molecular weight is 690 g/mol. The molecule has 262 valence electrons. The standard InChI is InChI=1S/C37H47N5O6S/c1-37(2,3)31-14-13-30(49-31)35(46)40-28(34(45)41-29(36(47)48)20-32(43)44)19-23-9-11-26(12-10-23)33-38-21-27(22-39-33)42-17-15-25(16-18-42)24-7-5-4-6-8-24/h9-14,21-22,24-25,28-29H,4-8,15-20H2,1-3H3,(H,40,46)(H,41,45)(H,43,44)(H,47,48). The lowest BCUT2D eigenvalue weighted by atomic mass is 9.76. The number of hydrogen-bond acceptors (Lipinski definition) is 8. The molecule has 5 rings (SSSR count). The van der Waals surface area contributed by atoms with Crippen LogP contribution in [-0.2, 0) is 26.2 Å². The number of piperidine rings is 1. The second kappa shape index (κ2) is 15.9.